The average molecular weight is 503 g/mol. The Balaban J connectivity index is 1.32. The second kappa shape index (κ2) is 9.52. The van der Waals surface area contributed by atoms with Crippen LogP contribution in [0.3, 0.4) is 0 Å². The van der Waals surface area contributed by atoms with E-state index in [9.17, 15) is 23.2 Å². The lowest BCUT2D eigenvalue weighted by Crippen LogP contribution is -2.32. The summed E-state index contributed by atoms with van der Waals surface area (Å²) >= 11 is 0. The average Bonchev–Trinajstić information content (AvgIpc) is 3.27. The van der Waals surface area contributed by atoms with Crippen molar-refractivity contribution in [3.05, 3.63) is 75.2 Å². The lowest BCUT2D eigenvalue weighted by atomic mass is 9.91. The number of piperidine rings is 1. The van der Waals surface area contributed by atoms with Crippen LogP contribution in [0.2, 0.25) is 0 Å². The molecule has 11 heteroatoms. The van der Waals surface area contributed by atoms with Gasteiger partial charge in [-0.3, -0.25) is 14.8 Å². The Labute approximate surface area is 209 Å². The highest BCUT2D eigenvalue weighted by atomic mass is 19.4. The molecule has 0 amide bonds. The van der Waals surface area contributed by atoms with Crippen LogP contribution in [-0.2, 0) is 6.54 Å². The SMILES string of the molecule is C#Cc1ccc2nc3c(C#N)c(C4CCN(Cc5ccc(N=NC(F)(F)F)cc5)CC4)[nH]n3c(=O)c2c1. The lowest BCUT2D eigenvalue weighted by Gasteiger charge is -2.31. The number of benzene rings is 2. The molecule has 0 radical (unpaired) electrons. The van der Waals surface area contributed by atoms with Crippen LogP contribution in [0.25, 0.3) is 16.6 Å². The highest BCUT2D eigenvalue weighted by molar-refractivity contribution is 5.82. The summed E-state index contributed by atoms with van der Waals surface area (Å²) in [7, 11) is 0. The first-order valence-corrected chi connectivity index (χ1v) is 11.5. The number of hydrogen-bond donors (Lipinski definition) is 1. The zero-order valence-corrected chi connectivity index (χ0v) is 19.5. The third-order valence-corrected chi connectivity index (χ3v) is 6.49. The van der Waals surface area contributed by atoms with Crippen molar-refractivity contribution in [1.29, 1.82) is 5.26 Å². The maximum Gasteiger partial charge on any atom is 0.521 e. The number of likely N-dealkylation sites (tertiary alicyclic amines) is 1. The van der Waals surface area contributed by atoms with Crippen LogP contribution in [-0.4, -0.2) is 38.9 Å². The molecule has 8 nitrogen and oxygen atoms in total. The summed E-state index contributed by atoms with van der Waals surface area (Å²) in [5.41, 5.74) is 3.18. The Kier molecular flexibility index (Phi) is 6.24. The van der Waals surface area contributed by atoms with E-state index < -0.39 is 6.30 Å². The van der Waals surface area contributed by atoms with Gasteiger partial charge in [0.1, 0.15) is 11.6 Å². The summed E-state index contributed by atoms with van der Waals surface area (Å²) in [5, 5.41) is 18.9. The Hall–Kier alpha value is -4.48. The van der Waals surface area contributed by atoms with E-state index in [1.807, 2.05) is 0 Å². The smallest absolute Gasteiger partial charge is 0.299 e. The third kappa shape index (κ3) is 4.95. The Morgan fingerprint density at radius 2 is 1.89 bits per heavy atom. The van der Waals surface area contributed by atoms with Crippen molar-refractivity contribution in [1.82, 2.24) is 19.5 Å². The van der Waals surface area contributed by atoms with Gasteiger partial charge >= 0.3 is 6.30 Å². The highest BCUT2D eigenvalue weighted by Crippen LogP contribution is 2.31. The molecule has 0 bridgehead atoms. The molecule has 186 valence electrons. The number of nitriles is 1. The zero-order chi connectivity index (χ0) is 26.2. The van der Waals surface area contributed by atoms with Crippen LogP contribution in [0.15, 0.2) is 57.5 Å². The fourth-order valence-electron chi connectivity index (χ4n) is 4.67. The van der Waals surface area contributed by atoms with Crippen molar-refractivity contribution >= 4 is 22.2 Å². The maximum atomic E-state index is 13.1. The van der Waals surface area contributed by atoms with E-state index in [1.54, 1.807) is 30.3 Å². The second-order valence-electron chi connectivity index (χ2n) is 8.85. The van der Waals surface area contributed by atoms with Crippen LogP contribution in [0, 0.1) is 23.7 Å². The molecule has 0 aliphatic carbocycles. The van der Waals surface area contributed by atoms with Crippen molar-refractivity contribution in [3.63, 3.8) is 0 Å². The van der Waals surface area contributed by atoms with Crippen molar-refractivity contribution in [2.45, 2.75) is 31.6 Å². The van der Waals surface area contributed by atoms with Gasteiger partial charge in [-0.15, -0.1) is 24.7 Å². The van der Waals surface area contributed by atoms with Crippen LogP contribution >= 0.6 is 0 Å². The van der Waals surface area contributed by atoms with E-state index >= 15 is 0 Å². The first kappa shape index (κ1) is 24.2. The van der Waals surface area contributed by atoms with Gasteiger partial charge in [0.05, 0.1) is 22.3 Å². The molecule has 4 aromatic rings. The number of rotatable bonds is 4. The van der Waals surface area contributed by atoms with Gasteiger partial charge in [-0.2, -0.15) is 9.78 Å². The Bertz CT molecular complexity index is 1650. The molecule has 2 aromatic carbocycles. The number of alkyl halides is 3. The number of hydrogen-bond acceptors (Lipinski definition) is 6. The summed E-state index contributed by atoms with van der Waals surface area (Å²) < 4.78 is 37.9. The van der Waals surface area contributed by atoms with Crippen LogP contribution in [0.4, 0.5) is 18.9 Å². The van der Waals surface area contributed by atoms with Gasteiger partial charge in [-0.25, -0.2) is 4.98 Å². The number of azo groups is 1. The molecule has 5 rings (SSSR count). The minimum atomic E-state index is -4.69. The van der Waals surface area contributed by atoms with E-state index in [0.29, 0.717) is 39.9 Å². The summed E-state index contributed by atoms with van der Waals surface area (Å²) in [5.74, 6) is 2.56. The molecule has 37 heavy (non-hydrogen) atoms. The zero-order valence-electron chi connectivity index (χ0n) is 19.5. The van der Waals surface area contributed by atoms with E-state index in [2.05, 4.69) is 37.2 Å². The molecular weight excluding hydrogens is 483 g/mol. The first-order chi connectivity index (χ1) is 17.8. The number of H-pyrrole nitrogens is 1. The van der Waals surface area contributed by atoms with Gasteiger partial charge in [-0.05, 0) is 61.8 Å². The lowest BCUT2D eigenvalue weighted by molar-refractivity contribution is -0.125. The fraction of sp³-hybridized carbons (Fsp3) is 0.269. The normalized spacial score (nSPS) is 15.4. The number of nitrogens with one attached hydrogen (secondary N) is 1. The fourth-order valence-corrected chi connectivity index (χ4v) is 4.67. The maximum absolute atomic E-state index is 13.1. The van der Waals surface area contributed by atoms with Crippen LogP contribution < -0.4 is 5.56 Å². The molecule has 1 aliphatic rings. The van der Waals surface area contributed by atoms with Gasteiger partial charge in [0, 0.05) is 18.0 Å². The number of nitrogens with zero attached hydrogens (tertiary/aromatic N) is 6. The van der Waals surface area contributed by atoms with Gasteiger partial charge in [0.25, 0.3) is 5.56 Å². The van der Waals surface area contributed by atoms with Crippen LogP contribution in [0.5, 0.6) is 0 Å². The minimum Gasteiger partial charge on any atom is -0.299 e. The largest absolute Gasteiger partial charge is 0.521 e. The standard InChI is InChI=1S/C26H20F3N7O/c1-2-16-5-8-22-20(13-16)25(37)36-24(31-22)21(14-30)23(33-36)18-9-11-35(12-10-18)15-17-3-6-19(7-4-17)32-34-26(27,28)29/h1,3-8,13,18,33H,9-12,15H2. The molecule has 0 unspecified atom stereocenters. The van der Waals surface area contributed by atoms with Gasteiger partial charge < -0.3 is 0 Å². The summed E-state index contributed by atoms with van der Waals surface area (Å²) in [6.07, 6.45) is 2.29. The molecule has 0 saturated carbocycles. The van der Waals surface area contributed by atoms with E-state index in [1.165, 1.54) is 16.6 Å². The number of aromatic amines is 1. The molecule has 1 fully saturated rings. The van der Waals surface area contributed by atoms with Crippen molar-refractivity contribution in [2.24, 2.45) is 10.2 Å². The number of aromatic nitrogens is 3. The van der Waals surface area contributed by atoms with Crippen LogP contribution in [0.1, 0.15) is 41.1 Å². The molecular formula is C26H20F3N7O. The van der Waals surface area contributed by atoms with E-state index in [-0.39, 0.29) is 17.2 Å². The molecule has 1 aliphatic heterocycles. The molecule has 1 N–H and O–H groups in total. The second-order valence-corrected chi connectivity index (χ2v) is 8.85. The number of fused-ring (bicyclic) bond motifs is 2. The van der Waals surface area contributed by atoms with Crippen molar-refractivity contribution in [3.8, 4) is 18.4 Å². The molecule has 1 saturated heterocycles. The third-order valence-electron chi connectivity index (χ3n) is 6.49. The monoisotopic (exact) mass is 503 g/mol. The summed E-state index contributed by atoms with van der Waals surface area (Å²) in [6, 6.07) is 13.7. The van der Waals surface area contributed by atoms with Gasteiger partial charge in [0.2, 0.25) is 0 Å². The summed E-state index contributed by atoms with van der Waals surface area (Å²) in [4.78, 5) is 19.9. The topological polar surface area (TPSA) is 102 Å². The highest BCUT2D eigenvalue weighted by Gasteiger charge is 2.28. The Morgan fingerprint density at radius 3 is 2.54 bits per heavy atom. The Morgan fingerprint density at radius 1 is 1.16 bits per heavy atom. The van der Waals surface area contributed by atoms with E-state index in [4.69, 9.17) is 6.42 Å². The van der Waals surface area contributed by atoms with Gasteiger partial charge in [-0.1, -0.05) is 23.2 Å². The predicted molar refractivity (Wildman–Crippen MR) is 130 cm³/mol. The molecule has 3 heterocycles. The quantitative estimate of drug-likeness (QED) is 0.240. The van der Waals surface area contributed by atoms with Gasteiger partial charge in [0.15, 0.2) is 5.65 Å². The number of terminal acetylenes is 1. The molecule has 2 aromatic heterocycles. The first-order valence-electron chi connectivity index (χ1n) is 11.5. The van der Waals surface area contributed by atoms with E-state index in [0.717, 1.165) is 31.5 Å². The minimum absolute atomic E-state index is 0.0431. The van der Waals surface area contributed by atoms with Crippen molar-refractivity contribution in [2.75, 3.05) is 13.1 Å². The molecule has 0 atom stereocenters. The summed E-state index contributed by atoms with van der Waals surface area (Å²) in [6.45, 7) is 2.12. The molecule has 0 spiro atoms. The van der Waals surface area contributed by atoms with Crippen molar-refractivity contribution < 1.29 is 13.2 Å². The predicted octanol–water partition coefficient (Wildman–Crippen LogP) is 5.01. The number of halogens is 3.